The fourth-order valence-electron chi connectivity index (χ4n) is 3.09. The van der Waals surface area contributed by atoms with Gasteiger partial charge in [-0.3, -0.25) is 4.90 Å². The number of likely N-dealkylation sites (N-methyl/N-ethyl adjacent to an activating group) is 1. The normalized spacial score (nSPS) is 13.4. The van der Waals surface area contributed by atoms with Gasteiger partial charge in [-0.05, 0) is 78.1 Å². The number of nitrogens with zero attached hydrogens (tertiary/aromatic N) is 1. The fraction of sp³-hybridized carbons (Fsp3) is 0.500. The molecule has 0 aliphatic carbocycles. The number of rotatable bonds is 8. The first-order valence-corrected chi connectivity index (χ1v) is 11.1. The maximum Gasteiger partial charge on any atom is 0.151 e. The van der Waals surface area contributed by atoms with Crippen molar-refractivity contribution in [1.29, 1.82) is 0 Å². The summed E-state index contributed by atoms with van der Waals surface area (Å²) in [6.07, 6.45) is 10.4. The second-order valence-corrected chi connectivity index (χ2v) is 7.60. The van der Waals surface area contributed by atoms with Crippen LogP contribution in [0.4, 0.5) is 4.39 Å². The van der Waals surface area contributed by atoms with E-state index in [9.17, 15) is 4.39 Å². The third kappa shape index (κ3) is 11.9. The number of hydrogen-bond acceptors (Lipinski definition) is 1. The number of benzene rings is 1. The highest BCUT2D eigenvalue weighted by atomic mass is 19.1. The Balaban J connectivity index is 0. The van der Waals surface area contributed by atoms with E-state index < -0.39 is 6.30 Å². The summed E-state index contributed by atoms with van der Waals surface area (Å²) in [6.45, 7) is 23.0. The minimum atomic E-state index is -0.942. The molecule has 1 rings (SSSR count). The molecule has 0 aromatic heterocycles. The Kier molecular flexibility index (Phi) is 18.0. The third-order valence-electron chi connectivity index (χ3n) is 4.86. The molecule has 0 amide bonds. The first-order chi connectivity index (χ1) is 14.1. The quantitative estimate of drug-likeness (QED) is 0.233. The molecule has 0 heterocycles. The Morgan fingerprint density at radius 1 is 1.17 bits per heavy atom. The van der Waals surface area contributed by atoms with Crippen LogP contribution >= 0.6 is 0 Å². The lowest BCUT2D eigenvalue weighted by atomic mass is 9.94. The lowest BCUT2D eigenvalue weighted by molar-refractivity contribution is 0.0948. The molecule has 0 aliphatic heterocycles. The maximum atomic E-state index is 13.6. The predicted molar refractivity (Wildman–Crippen MR) is 137 cm³/mol. The molecular formula is C28H46FN. The van der Waals surface area contributed by atoms with Gasteiger partial charge in [-0.2, -0.15) is 0 Å². The molecule has 0 saturated heterocycles. The summed E-state index contributed by atoms with van der Waals surface area (Å²) in [7, 11) is 1.85. The molecule has 1 aromatic carbocycles. The van der Waals surface area contributed by atoms with Crippen LogP contribution in [0.5, 0.6) is 0 Å². The molecule has 2 atom stereocenters. The zero-order chi connectivity index (χ0) is 23.7. The predicted octanol–water partition coefficient (Wildman–Crippen LogP) is 8.84. The highest BCUT2D eigenvalue weighted by Gasteiger charge is 2.19. The van der Waals surface area contributed by atoms with E-state index in [0.29, 0.717) is 0 Å². The number of halogens is 1. The van der Waals surface area contributed by atoms with Crippen molar-refractivity contribution in [2.24, 2.45) is 0 Å². The van der Waals surface area contributed by atoms with Crippen LogP contribution in [0.15, 0.2) is 61.2 Å². The van der Waals surface area contributed by atoms with E-state index in [1.165, 1.54) is 34.3 Å². The van der Waals surface area contributed by atoms with Crippen molar-refractivity contribution in [3.63, 3.8) is 0 Å². The van der Waals surface area contributed by atoms with Crippen molar-refractivity contribution in [1.82, 2.24) is 4.90 Å². The summed E-state index contributed by atoms with van der Waals surface area (Å²) in [4.78, 5) is 1.79. The Morgan fingerprint density at radius 3 is 2.10 bits per heavy atom. The Morgan fingerprint density at radius 2 is 1.73 bits per heavy atom. The van der Waals surface area contributed by atoms with Gasteiger partial charge in [-0.1, -0.05) is 73.9 Å². The molecule has 2 unspecified atom stereocenters. The zero-order valence-corrected chi connectivity index (χ0v) is 21.1. The molecule has 2 heteroatoms. The molecule has 0 spiro atoms. The van der Waals surface area contributed by atoms with Crippen LogP contribution in [-0.4, -0.2) is 24.3 Å². The van der Waals surface area contributed by atoms with Gasteiger partial charge in [0.25, 0.3) is 0 Å². The van der Waals surface area contributed by atoms with E-state index in [-0.39, 0.29) is 6.04 Å². The van der Waals surface area contributed by atoms with Gasteiger partial charge in [0.2, 0.25) is 0 Å². The highest BCUT2D eigenvalue weighted by Crippen LogP contribution is 2.25. The average Bonchev–Trinajstić information content (AvgIpc) is 2.70. The molecule has 30 heavy (non-hydrogen) atoms. The maximum absolute atomic E-state index is 13.6. The van der Waals surface area contributed by atoms with Crippen molar-refractivity contribution in [3.05, 3.63) is 77.9 Å². The SMILES string of the molecule is C/C=C(\C=C(/C)C(CC)N(C)C(C)F)c1cc(C)ccc1C.C=CC.C=CCCC. The minimum Gasteiger partial charge on any atom is -0.271 e. The van der Waals surface area contributed by atoms with Gasteiger partial charge in [0, 0.05) is 6.04 Å². The summed E-state index contributed by atoms with van der Waals surface area (Å²) in [5.41, 5.74) is 6.18. The largest absolute Gasteiger partial charge is 0.271 e. The van der Waals surface area contributed by atoms with Crippen molar-refractivity contribution in [2.75, 3.05) is 7.05 Å². The number of aryl methyl sites for hydroxylation is 2. The van der Waals surface area contributed by atoms with Crippen LogP contribution < -0.4 is 0 Å². The topological polar surface area (TPSA) is 3.24 Å². The first-order valence-electron chi connectivity index (χ1n) is 11.1. The van der Waals surface area contributed by atoms with Gasteiger partial charge < -0.3 is 0 Å². The monoisotopic (exact) mass is 415 g/mol. The van der Waals surface area contributed by atoms with Crippen LogP contribution in [-0.2, 0) is 0 Å². The van der Waals surface area contributed by atoms with Crippen LogP contribution in [0.1, 0.15) is 77.5 Å². The van der Waals surface area contributed by atoms with E-state index in [4.69, 9.17) is 0 Å². The summed E-state index contributed by atoms with van der Waals surface area (Å²) in [6, 6.07) is 6.64. The van der Waals surface area contributed by atoms with Gasteiger partial charge in [0.15, 0.2) is 6.30 Å². The second kappa shape index (κ2) is 17.9. The van der Waals surface area contributed by atoms with Crippen molar-refractivity contribution >= 4 is 5.57 Å². The fourth-order valence-corrected chi connectivity index (χ4v) is 3.09. The molecular weight excluding hydrogens is 369 g/mol. The molecule has 0 aliphatic rings. The lowest BCUT2D eigenvalue weighted by Gasteiger charge is -2.29. The van der Waals surface area contributed by atoms with Crippen LogP contribution in [0.3, 0.4) is 0 Å². The molecule has 0 bridgehead atoms. The molecule has 0 radical (unpaired) electrons. The van der Waals surface area contributed by atoms with Crippen LogP contribution in [0, 0.1) is 13.8 Å². The Hall–Kier alpha value is -1.93. The average molecular weight is 416 g/mol. The van der Waals surface area contributed by atoms with Crippen molar-refractivity contribution in [2.45, 2.75) is 87.0 Å². The van der Waals surface area contributed by atoms with Gasteiger partial charge in [-0.25, -0.2) is 4.39 Å². The van der Waals surface area contributed by atoms with Gasteiger partial charge in [-0.15, -0.1) is 13.2 Å². The van der Waals surface area contributed by atoms with Gasteiger partial charge in [0.05, 0.1) is 0 Å². The highest BCUT2D eigenvalue weighted by molar-refractivity contribution is 5.76. The number of unbranched alkanes of at least 4 members (excludes halogenated alkanes) is 1. The summed E-state index contributed by atoms with van der Waals surface area (Å²) < 4.78 is 13.6. The molecule has 1 aromatic rings. The third-order valence-corrected chi connectivity index (χ3v) is 4.86. The smallest absolute Gasteiger partial charge is 0.151 e. The summed E-state index contributed by atoms with van der Waals surface area (Å²) in [5, 5.41) is 0. The van der Waals surface area contributed by atoms with E-state index in [2.05, 4.69) is 85.1 Å². The lowest BCUT2D eigenvalue weighted by Crippen LogP contribution is -2.36. The van der Waals surface area contributed by atoms with Crippen LogP contribution in [0.2, 0.25) is 0 Å². The Labute approximate surface area is 187 Å². The molecule has 0 saturated carbocycles. The van der Waals surface area contributed by atoms with E-state index in [0.717, 1.165) is 12.8 Å². The number of hydrogen-bond donors (Lipinski definition) is 0. The number of allylic oxidation sites excluding steroid dienone is 5. The number of alkyl halides is 1. The van der Waals surface area contributed by atoms with Gasteiger partial charge in [0.1, 0.15) is 0 Å². The summed E-state index contributed by atoms with van der Waals surface area (Å²) >= 11 is 0. The summed E-state index contributed by atoms with van der Waals surface area (Å²) in [5.74, 6) is 0. The standard InChI is InChI=1S/C20H30FN.C5H10.C3H6/c1-8-18(19-12-14(3)10-11-15(19)4)13-16(5)20(9-2)22(7)17(6)21;1-3-5-4-2;1-3-2/h8,10-13,17,20H,9H2,1-7H3;3H,1,4-5H2,2H3;3H,1H2,2H3/b16-13+,18-8+;;. The van der Waals surface area contributed by atoms with E-state index in [1.807, 2.05) is 20.0 Å². The van der Waals surface area contributed by atoms with Crippen molar-refractivity contribution < 1.29 is 4.39 Å². The second-order valence-electron chi connectivity index (χ2n) is 7.60. The van der Waals surface area contributed by atoms with E-state index in [1.54, 1.807) is 17.9 Å². The minimum absolute atomic E-state index is 0.125. The van der Waals surface area contributed by atoms with Crippen molar-refractivity contribution in [3.8, 4) is 0 Å². The molecule has 170 valence electrons. The first kappa shape index (κ1) is 30.3. The van der Waals surface area contributed by atoms with Gasteiger partial charge >= 0.3 is 0 Å². The molecule has 0 fully saturated rings. The molecule has 1 nitrogen and oxygen atoms in total. The zero-order valence-electron chi connectivity index (χ0n) is 21.1. The van der Waals surface area contributed by atoms with Crippen LogP contribution in [0.25, 0.3) is 5.57 Å². The Bertz CT molecular complexity index is 667. The molecule has 0 N–H and O–H groups in total. The van der Waals surface area contributed by atoms with E-state index >= 15 is 0 Å².